The molecule has 5 rings (SSSR count). The third-order valence-electron chi connectivity index (χ3n) is 6.31. The molecule has 9 nitrogen and oxygen atoms in total. The number of aromatic nitrogens is 2. The van der Waals surface area contributed by atoms with E-state index in [9.17, 15) is 10.1 Å². The van der Waals surface area contributed by atoms with Crippen LogP contribution >= 0.6 is 0 Å². The summed E-state index contributed by atoms with van der Waals surface area (Å²) in [4.78, 5) is 23.9. The predicted octanol–water partition coefficient (Wildman–Crippen LogP) is 3.15. The number of amides is 1. The molecule has 0 radical (unpaired) electrons. The Kier molecular flexibility index (Phi) is 6.46. The van der Waals surface area contributed by atoms with Crippen molar-refractivity contribution in [1.29, 1.82) is 5.26 Å². The van der Waals surface area contributed by atoms with Crippen molar-refractivity contribution >= 4 is 17.5 Å². The van der Waals surface area contributed by atoms with Crippen molar-refractivity contribution in [3.05, 3.63) is 65.5 Å². The number of nitriles is 1. The van der Waals surface area contributed by atoms with Crippen molar-refractivity contribution in [2.24, 2.45) is 0 Å². The third-order valence-corrected chi connectivity index (χ3v) is 6.31. The SMILES string of the molecule is COc1ccc(C#N)cc1C1CCNC(=O)c2ccc(-c3cnc(N4CCOCC4)nc3)cc2N1. The maximum absolute atomic E-state index is 12.7. The molecule has 1 fully saturated rings. The molecule has 2 aromatic carbocycles. The van der Waals surface area contributed by atoms with Crippen molar-refractivity contribution in [3.63, 3.8) is 0 Å². The highest BCUT2D eigenvalue weighted by atomic mass is 16.5. The molecule has 1 saturated heterocycles. The molecule has 0 spiro atoms. The van der Waals surface area contributed by atoms with Crippen molar-refractivity contribution in [1.82, 2.24) is 15.3 Å². The van der Waals surface area contributed by atoms with Gasteiger partial charge in [0.25, 0.3) is 5.91 Å². The zero-order chi connectivity index (χ0) is 24.2. The van der Waals surface area contributed by atoms with Crippen LogP contribution < -0.4 is 20.3 Å². The molecule has 2 aliphatic heterocycles. The first-order chi connectivity index (χ1) is 17.2. The second-order valence-electron chi connectivity index (χ2n) is 8.44. The van der Waals surface area contributed by atoms with E-state index in [1.54, 1.807) is 31.6 Å². The van der Waals surface area contributed by atoms with Gasteiger partial charge in [0.05, 0.1) is 43.6 Å². The van der Waals surface area contributed by atoms with Crippen molar-refractivity contribution in [2.75, 3.05) is 50.2 Å². The summed E-state index contributed by atoms with van der Waals surface area (Å²) in [5.41, 5.74) is 4.44. The van der Waals surface area contributed by atoms with Crippen LogP contribution in [0, 0.1) is 11.3 Å². The third kappa shape index (κ3) is 4.74. The number of nitrogens with zero attached hydrogens (tertiary/aromatic N) is 4. The van der Waals surface area contributed by atoms with Gasteiger partial charge in [-0.1, -0.05) is 6.07 Å². The second-order valence-corrected chi connectivity index (χ2v) is 8.44. The summed E-state index contributed by atoms with van der Waals surface area (Å²) in [6, 6.07) is 13.1. The van der Waals surface area contributed by atoms with Crippen LogP contribution in [0.4, 0.5) is 11.6 Å². The fourth-order valence-corrected chi connectivity index (χ4v) is 4.43. The van der Waals surface area contributed by atoms with Gasteiger partial charge in [0.15, 0.2) is 0 Å². The minimum absolute atomic E-state index is 0.130. The molecule has 1 atom stereocenters. The molecule has 178 valence electrons. The summed E-state index contributed by atoms with van der Waals surface area (Å²) < 4.78 is 11.0. The number of carbonyl (C=O) groups excluding carboxylic acids is 1. The van der Waals surface area contributed by atoms with Gasteiger partial charge in [-0.3, -0.25) is 4.79 Å². The summed E-state index contributed by atoms with van der Waals surface area (Å²) >= 11 is 0. The van der Waals surface area contributed by atoms with Crippen LogP contribution in [0.1, 0.15) is 33.9 Å². The summed E-state index contributed by atoms with van der Waals surface area (Å²) in [5, 5.41) is 15.9. The average Bonchev–Trinajstić information content (AvgIpc) is 2.91. The number of nitrogens with one attached hydrogen (secondary N) is 2. The van der Waals surface area contributed by atoms with Crippen molar-refractivity contribution in [2.45, 2.75) is 12.5 Å². The Morgan fingerprint density at radius 3 is 2.66 bits per heavy atom. The number of rotatable bonds is 4. The number of anilines is 2. The summed E-state index contributed by atoms with van der Waals surface area (Å²) in [7, 11) is 1.61. The number of carbonyl (C=O) groups is 1. The maximum atomic E-state index is 12.7. The average molecular weight is 471 g/mol. The molecule has 3 heterocycles. The van der Waals surface area contributed by atoms with Gasteiger partial charge in [-0.15, -0.1) is 0 Å². The molecule has 1 unspecified atom stereocenters. The summed E-state index contributed by atoms with van der Waals surface area (Å²) in [6.07, 6.45) is 4.25. The maximum Gasteiger partial charge on any atom is 0.253 e. The Bertz CT molecular complexity index is 1270. The zero-order valence-corrected chi connectivity index (χ0v) is 19.5. The number of morpholine rings is 1. The Hall–Kier alpha value is -4.16. The molecule has 0 aliphatic carbocycles. The molecule has 3 aromatic rings. The number of hydrogen-bond donors (Lipinski definition) is 2. The zero-order valence-electron chi connectivity index (χ0n) is 19.5. The van der Waals surface area contributed by atoms with Crippen molar-refractivity contribution in [3.8, 4) is 22.9 Å². The van der Waals surface area contributed by atoms with Gasteiger partial charge < -0.3 is 25.0 Å². The first kappa shape index (κ1) is 22.6. The Labute approximate surface area is 203 Å². The number of benzene rings is 2. The molecule has 1 aromatic heterocycles. The van der Waals surface area contributed by atoms with Gasteiger partial charge >= 0.3 is 0 Å². The van der Waals surface area contributed by atoms with Crippen LogP contribution in [0.25, 0.3) is 11.1 Å². The van der Waals surface area contributed by atoms with E-state index in [4.69, 9.17) is 9.47 Å². The first-order valence-electron chi connectivity index (χ1n) is 11.6. The van der Waals surface area contributed by atoms with Crippen LogP contribution in [-0.4, -0.2) is 55.8 Å². The lowest BCUT2D eigenvalue weighted by Gasteiger charge is -2.27. The quantitative estimate of drug-likeness (QED) is 0.598. The van der Waals surface area contributed by atoms with Gasteiger partial charge in [-0.2, -0.15) is 5.26 Å². The Morgan fingerprint density at radius 1 is 1.11 bits per heavy atom. The molecule has 35 heavy (non-hydrogen) atoms. The van der Waals surface area contributed by atoms with Crippen molar-refractivity contribution < 1.29 is 14.3 Å². The predicted molar refractivity (Wildman–Crippen MR) is 132 cm³/mol. The molecular formula is C26H26N6O3. The Morgan fingerprint density at radius 2 is 1.91 bits per heavy atom. The van der Waals surface area contributed by atoms with Crippen LogP contribution in [-0.2, 0) is 4.74 Å². The van der Waals surface area contributed by atoms with E-state index < -0.39 is 0 Å². The van der Waals surface area contributed by atoms with E-state index in [1.807, 2.05) is 24.3 Å². The number of methoxy groups -OCH3 is 1. The highest BCUT2D eigenvalue weighted by molar-refractivity contribution is 6.00. The number of ether oxygens (including phenoxy) is 2. The normalized spacial score (nSPS) is 17.8. The van der Waals surface area contributed by atoms with Crippen LogP contribution in [0.5, 0.6) is 5.75 Å². The Balaban J connectivity index is 1.47. The molecule has 1 amide bonds. The van der Waals surface area contributed by atoms with Gasteiger partial charge in [0.1, 0.15) is 5.75 Å². The summed E-state index contributed by atoms with van der Waals surface area (Å²) in [5.74, 6) is 1.25. The van der Waals surface area contributed by atoms with E-state index in [2.05, 4.69) is 31.6 Å². The molecule has 2 aliphatic rings. The minimum Gasteiger partial charge on any atom is -0.496 e. The van der Waals surface area contributed by atoms with Gasteiger partial charge in [0.2, 0.25) is 5.95 Å². The fraction of sp³-hybridized carbons (Fsp3) is 0.308. The van der Waals surface area contributed by atoms with Crippen LogP contribution in [0.3, 0.4) is 0 Å². The van der Waals surface area contributed by atoms with E-state index in [0.29, 0.717) is 54.7 Å². The fourth-order valence-electron chi connectivity index (χ4n) is 4.43. The lowest BCUT2D eigenvalue weighted by Crippen LogP contribution is -2.37. The molecule has 2 N–H and O–H groups in total. The van der Waals surface area contributed by atoms with E-state index >= 15 is 0 Å². The lowest BCUT2D eigenvalue weighted by molar-refractivity contribution is 0.0952. The highest BCUT2D eigenvalue weighted by Gasteiger charge is 2.23. The second kappa shape index (κ2) is 9.99. The van der Waals surface area contributed by atoms with E-state index in [1.165, 1.54) is 0 Å². The smallest absolute Gasteiger partial charge is 0.253 e. The van der Waals surface area contributed by atoms with Gasteiger partial charge in [-0.05, 0) is 42.3 Å². The molecule has 0 bridgehead atoms. The first-order valence-corrected chi connectivity index (χ1v) is 11.6. The number of hydrogen-bond acceptors (Lipinski definition) is 8. The standard InChI is InChI=1S/C26H26N6O3/c1-34-24-5-2-17(14-27)12-21(24)22-6-7-28-25(33)20-4-3-18(13-23(20)31-22)19-15-29-26(30-16-19)32-8-10-35-11-9-32/h2-5,12-13,15-16,22,31H,6-11H2,1H3,(H,28,33). The minimum atomic E-state index is -0.159. The van der Waals surface area contributed by atoms with Crippen LogP contribution in [0.2, 0.25) is 0 Å². The largest absolute Gasteiger partial charge is 0.496 e. The van der Waals surface area contributed by atoms with E-state index in [0.717, 1.165) is 29.8 Å². The lowest BCUT2D eigenvalue weighted by atomic mass is 9.97. The van der Waals surface area contributed by atoms with E-state index in [-0.39, 0.29) is 11.9 Å². The topological polar surface area (TPSA) is 112 Å². The summed E-state index contributed by atoms with van der Waals surface area (Å²) in [6.45, 7) is 3.39. The highest BCUT2D eigenvalue weighted by Crippen LogP contribution is 2.35. The van der Waals surface area contributed by atoms with Gasteiger partial charge in [0, 0.05) is 48.8 Å². The molecule has 9 heteroatoms. The van der Waals surface area contributed by atoms with Gasteiger partial charge in [-0.25, -0.2) is 9.97 Å². The molecule has 0 saturated carbocycles. The van der Waals surface area contributed by atoms with Crippen LogP contribution in [0.15, 0.2) is 48.8 Å². The monoisotopic (exact) mass is 470 g/mol. The number of fused-ring (bicyclic) bond motifs is 1. The molecular weight excluding hydrogens is 444 g/mol.